The zero-order chi connectivity index (χ0) is 9.84. The average molecular weight is 182 g/mol. The molecular formula is C10H14O3. The summed E-state index contributed by atoms with van der Waals surface area (Å²) in [6, 6.07) is 3.26. The second-order valence-corrected chi connectivity index (χ2v) is 3.02. The topological polar surface area (TPSA) is 50.4 Å². The van der Waals surface area contributed by atoms with Gasteiger partial charge in [0.05, 0.1) is 0 Å². The summed E-state index contributed by atoms with van der Waals surface area (Å²) in [5, 5.41) is 8.63. The second-order valence-electron chi connectivity index (χ2n) is 3.02. The Balaban J connectivity index is 2.84. The Morgan fingerprint density at radius 2 is 2.08 bits per heavy atom. The van der Waals surface area contributed by atoms with Gasteiger partial charge in [-0.2, -0.15) is 0 Å². The number of carboxylic acids is 1. The Kier molecular flexibility index (Phi) is 3.12. The van der Waals surface area contributed by atoms with Crippen molar-refractivity contribution in [3.8, 4) is 0 Å². The fraction of sp³-hybridized carbons (Fsp3) is 0.500. The molecule has 0 unspecified atom stereocenters. The first-order valence-electron chi connectivity index (χ1n) is 4.52. The predicted molar refractivity (Wildman–Crippen MR) is 49.0 cm³/mol. The van der Waals surface area contributed by atoms with E-state index in [0.717, 1.165) is 18.6 Å². The molecular weight excluding hydrogens is 168 g/mol. The maximum atomic E-state index is 10.5. The van der Waals surface area contributed by atoms with Crippen LogP contribution in [-0.2, 0) is 0 Å². The van der Waals surface area contributed by atoms with E-state index in [1.54, 1.807) is 6.07 Å². The van der Waals surface area contributed by atoms with Crippen molar-refractivity contribution < 1.29 is 14.3 Å². The zero-order valence-corrected chi connectivity index (χ0v) is 7.91. The van der Waals surface area contributed by atoms with E-state index in [4.69, 9.17) is 9.52 Å². The number of aromatic carboxylic acids is 1. The smallest absolute Gasteiger partial charge is 0.371 e. The first kappa shape index (κ1) is 9.84. The average Bonchev–Trinajstić information content (AvgIpc) is 2.56. The SMILES string of the molecule is CCC(CC)c1ccc(C(=O)O)o1. The van der Waals surface area contributed by atoms with E-state index in [0.29, 0.717) is 5.92 Å². The minimum absolute atomic E-state index is 0.0295. The van der Waals surface area contributed by atoms with Gasteiger partial charge in [-0.15, -0.1) is 0 Å². The summed E-state index contributed by atoms with van der Waals surface area (Å²) >= 11 is 0. The largest absolute Gasteiger partial charge is 0.475 e. The molecule has 0 amide bonds. The number of furan rings is 1. The van der Waals surface area contributed by atoms with Crippen molar-refractivity contribution in [3.05, 3.63) is 23.7 Å². The molecule has 0 atom stereocenters. The summed E-state index contributed by atoms with van der Waals surface area (Å²) < 4.78 is 5.19. The quantitative estimate of drug-likeness (QED) is 0.778. The van der Waals surface area contributed by atoms with Crippen molar-refractivity contribution in [3.63, 3.8) is 0 Å². The van der Waals surface area contributed by atoms with Gasteiger partial charge in [0, 0.05) is 5.92 Å². The molecule has 0 radical (unpaired) electrons. The van der Waals surface area contributed by atoms with Gasteiger partial charge in [0.15, 0.2) is 0 Å². The van der Waals surface area contributed by atoms with Crippen LogP contribution >= 0.6 is 0 Å². The third-order valence-corrected chi connectivity index (χ3v) is 2.23. The highest BCUT2D eigenvalue weighted by Crippen LogP contribution is 2.24. The molecule has 0 fully saturated rings. The Labute approximate surface area is 77.4 Å². The van der Waals surface area contributed by atoms with Crippen LogP contribution < -0.4 is 0 Å². The van der Waals surface area contributed by atoms with E-state index in [1.165, 1.54) is 6.07 Å². The summed E-state index contributed by atoms with van der Waals surface area (Å²) in [7, 11) is 0. The van der Waals surface area contributed by atoms with Gasteiger partial charge in [-0.3, -0.25) is 0 Å². The van der Waals surface area contributed by atoms with Crippen LogP contribution in [0.3, 0.4) is 0 Å². The van der Waals surface area contributed by atoms with Crippen molar-refractivity contribution in [1.29, 1.82) is 0 Å². The molecule has 0 bridgehead atoms. The highest BCUT2D eigenvalue weighted by Gasteiger charge is 2.14. The van der Waals surface area contributed by atoms with Crippen LogP contribution in [0.5, 0.6) is 0 Å². The highest BCUT2D eigenvalue weighted by atomic mass is 16.4. The van der Waals surface area contributed by atoms with E-state index in [-0.39, 0.29) is 5.76 Å². The molecule has 1 aromatic heterocycles. The van der Waals surface area contributed by atoms with E-state index in [9.17, 15) is 4.79 Å². The van der Waals surface area contributed by atoms with Crippen molar-refractivity contribution in [2.45, 2.75) is 32.6 Å². The maximum absolute atomic E-state index is 10.5. The lowest BCUT2D eigenvalue weighted by atomic mass is 10.0. The van der Waals surface area contributed by atoms with Crippen molar-refractivity contribution >= 4 is 5.97 Å². The normalized spacial score (nSPS) is 10.7. The molecule has 0 aliphatic rings. The minimum Gasteiger partial charge on any atom is -0.475 e. The van der Waals surface area contributed by atoms with Crippen LogP contribution in [-0.4, -0.2) is 11.1 Å². The molecule has 1 N–H and O–H groups in total. The molecule has 13 heavy (non-hydrogen) atoms. The highest BCUT2D eigenvalue weighted by molar-refractivity contribution is 5.84. The molecule has 0 saturated heterocycles. The molecule has 3 heteroatoms. The molecule has 1 aromatic rings. The molecule has 3 nitrogen and oxygen atoms in total. The lowest BCUT2D eigenvalue weighted by Gasteiger charge is -2.07. The Bertz CT molecular complexity index is 284. The Morgan fingerprint density at radius 3 is 2.46 bits per heavy atom. The van der Waals surface area contributed by atoms with Gasteiger partial charge in [-0.25, -0.2) is 4.79 Å². The van der Waals surface area contributed by atoms with Crippen LogP contribution in [0.1, 0.15) is 48.9 Å². The fourth-order valence-corrected chi connectivity index (χ4v) is 1.38. The predicted octanol–water partition coefficient (Wildman–Crippen LogP) is 2.88. The van der Waals surface area contributed by atoms with Gasteiger partial charge < -0.3 is 9.52 Å². The molecule has 1 rings (SSSR count). The van der Waals surface area contributed by atoms with E-state index in [2.05, 4.69) is 13.8 Å². The van der Waals surface area contributed by atoms with Crippen LogP contribution in [0.15, 0.2) is 16.5 Å². The fourth-order valence-electron chi connectivity index (χ4n) is 1.38. The summed E-state index contributed by atoms with van der Waals surface area (Å²) in [6.07, 6.45) is 1.95. The van der Waals surface area contributed by atoms with E-state index >= 15 is 0 Å². The Morgan fingerprint density at radius 1 is 1.46 bits per heavy atom. The van der Waals surface area contributed by atoms with Crippen LogP contribution in [0.2, 0.25) is 0 Å². The van der Waals surface area contributed by atoms with Crippen molar-refractivity contribution in [1.82, 2.24) is 0 Å². The molecule has 0 spiro atoms. The summed E-state index contributed by atoms with van der Waals surface area (Å²) in [5.41, 5.74) is 0. The number of carbonyl (C=O) groups is 1. The van der Waals surface area contributed by atoms with Gasteiger partial charge in [0.1, 0.15) is 5.76 Å². The lowest BCUT2D eigenvalue weighted by Crippen LogP contribution is -1.94. The van der Waals surface area contributed by atoms with Gasteiger partial charge in [0.25, 0.3) is 0 Å². The second kappa shape index (κ2) is 4.12. The molecule has 0 aromatic carbocycles. The third kappa shape index (κ3) is 2.11. The number of hydrogen-bond acceptors (Lipinski definition) is 2. The monoisotopic (exact) mass is 182 g/mol. The van der Waals surface area contributed by atoms with E-state index < -0.39 is 5.97 Å². The van der Waals surface area contributed by atoms with Gasteiger partial charge in [-0.05, 0) is 25.0 Å². The summed E-state index contributed by atoms with van der Waals surface area (Å²) in [5.74, 6) is 0.148. The van der Waals surface area contributed by atoms with Crippen LogP contribution in [0.4, 0.5) is 0 Å². The third-order valence-electron chi connectivity index (χ3n) is 2.23. The molecule has 0 saturated carbocycles. The van der Waals surface area contributed by atoms with Gasteiger partial charge in [0.2, 0.25) is 5.76 Å². The first-order valence-corrected chi connectivity index (χ1v) is 4.52. The molecule has 72 valence electrons. The lowest BCUT2D eigenvalue weighted by molar-refractivity contribution is 0.0659. The van der Waals surface area contributed by atoms with Gasteiger partial charge in [-0.1, -0.05) is 13.8 Å². The molecule has 1 heterocycles. The standard InChI is InChI=1S/C10H14O3/c1-3-7(4-2)8-5-6-9(13-8)10(11)12/h5-7H,3-4H2,1-2H3,(H,11,12). The maximum Gasteiger partial charge on any atom is 0.371 e. The number of carboxylic acid groups (broad SMARTS) is 1. The molecule has 0 aliphatic carbocycles. The first-order chi connectivity index (χ1) is 6.19. The Hall–Kier alpha value is -1.25. The van der Waals surface area contributed by atoms with Crippen molar-refractivity contribution in [2.24, 2.45) is 0 Å². The van der Waals surface area contributed by atoms with E-state index in [1.807, 2.05) is 0 Å². The number of hydrogen-bond donors (Lipinski definition) is 1. The van der Waals surface area contributed by atoms with Crippen LogP contribution in [0.25, 0.3) is 0 Å². The number of rotatable bonds is 4. The minimum atomic E-state index is -1.00. The van der Waals surface area contributed by atoms with Crippen molar-refractivity contribution in [2.75, 3.05) is 0 Å². The summed E-state index contributed by atoms with van der Waals surface area (Å²) in [4.78, 5) is 10.5. The molecule has 0 aliphatic heterocycles. The van der Waals surface area contributed by atoms with Crippen LogP contribution in [0, 0.1) is 0 Å². The summed E-state index contributed by atoms with van der Waals surface area (Å²) in [6.45, 7) is 4.13. The zero-order valence-electron chi connectivity index (χ0n) is 7.91. The van der Waals surface area contributed by atoms with Gasteiger partial charge >= 0.3 is 5.97 Å².